The summed E-state index contributed by atoms with van der Waals surface area (Å²) in [5, 5.41) is 21.1. The maximum Gasteiger partial charge on any atom is 0.374 e. The van der Waals surface area contributed by atoms with Gasteiger partial charge in [-0.1, -0.05) is 5.16 Å². The fourth-order valence-corrected chi connectivity index (χ4v) is 2.35. The minimum Gasteiger partial charge on any atom is -0.475 e. The van der Waals surface area contributed by atoms with Gasteiger partial charge in [-0.3, -0.25) is 4.79 Å². The Hall–Kier alpha value is -1.89. The molecule has 2 heterocycles. The quantitative estimate of drug-likeness (QED) is 0.816. The van der Waals surface area contributed by atoms with Crippen LogP contribution in [0, 0.1) is 0 Å². The molecule has 1 amide bonds. The summed E-state index contributed by atoms with van der Waals surface area (Å²) in [7, 11) is 0. The molecule has 104 valence electrons. The lowest BCUT2D eigenvalue weighted by molar-refractivity contribution is 0.0647. The lowest BCUT2D eigenvalue weighted by Crippen LogP contribution is -2.35. The van der Waals surface area contributed by atoms with Crippen molar-refractivity contribution in [2.24, 2.45) is 0 Å². The van der Waals surface area contributed by atoms with E-state index < -0.39 is 5.97 Å². The van der Waals surface area contributed by atoms with Gasteiger partial charge >= 0.3 is 5.97 Å². The zero-order valence-corrected chi connectivity index (χ0v) is 10.4. The Morgan fingerprint density at radius 1 is 1.53 bits per heavy atom. The standard InChI is InChI=1S/C12H16N2O5/c15-6-2-4-8-3-1-5-14(8)11(16)9-7-10(12(17)18)19-13-9/h7-8,15H,1-6H2,(H,17,18). The molecule has 0 aliphatic carbocycles. The minimum absolute atomic E-state index is 0.0216. The summed E-state index contributed by atoms with van der Waals surface area (Å²) in [6, 6.07) is 1.23. The molecule has 1 saturated heterocycles. The Morgan fingerprint density at radius 3 is 2.95 bits per heavy atom. The van der Waals surface area contributed by atoms with Crippen LogP contribution in [0.5, 0.6) is 0 Å². The molecule has 0 spiro atoms. The van der Waals surface area contributed by atoms with Crippen molar-refractivity contribution in [3.05, 3.63) is 17.5 Å². The number of nitrogens with zero attached hydrogens (tertiary/aromatic N) is 2. The van der Waals surface area contributed by atoms with E-state index in [2.05, 4.69) is 9.68 Å². The Bertz CT molecular complexity index is 470. The number of rotatable bonds is 5. The highest BCUT2D eigenvalue weighted by Gasteiger charge is 2.31. The Morgan fingerprint density at radius 2 is 2.32 bits per heavy atom. The largest absolute Gasteiger partial charge is 0.475 e. The summed E-state index contributed by atoms with van der Waals surface area (Å²) < 4.78 is 4.59. The number of hydrogen-bond acceptors (Lipinski definition) is 5. The molecule has 1 unspecified atom stereocenters. The predicted molar refractivity (Wildman–Crippen MR) is 63.8 cm³/mol. The summed E-state index contributed by atoms with van der Waals surface area (Å²) in [5.74, 6) is -1.89. The maximum atomic E-state index is 12.2. The first-order chi connectivity index (χ1) is 9.13. The summed E-state index contributed by atoms with van der Waals surface area (Å²) in [6.07, 6.45) is 3.19. The molecule has 0 radical (unpaired) electrons. The van der Waals surface area contributed by atoms with Gasteiger partial charge < -0.3 is 19.6 Å². The second-order valence-corrected chi connectivity index (χ2v) is 4.54. The van der Waals surface area contributed by atoms with E-state index in [9.17, 15) is 9.59 Å². The second kappa shape index (κ2) is 5.83. The third-order valence-electron chi connectivity index (χ3n) is 3.27. The van der Waals surface area contributed by atoms with Crippen LogP contribution in [0.25, 0.3) is 0 Å². The first kappa shape index (κ1) is 13.5. The van der Waals surface area contributed by atoms with E-state index in [1.807, 2.05) is 0 Å². The highest BCUT2D eigenvalue weighted by molar-refractivity contribution is 5.95. The van der Waals surface area contributed by atoms with Crippen molar-refractivity contribution in [3.8, 4) is 0 Å². The molecule has 19 heavy (non-hydrogen) atoms. The van der Waals surface area contributed by atoms with Gasteiger partial charge in [0.1, 0.15) is 0 Å². The van der Waals surface area contributed by atoms with Crippen molar-refractivity contribution in [1.82, 2.24) is 10.1 Å². The van der Waals surface area contributed by atoms with Crippen LogP contribution < -0.4 is 0 Å². The van der Waals surface area contributed by atoms with E-state index in [1.54, 1.807) is 4.90 Å². The number of likely N-dealkylation sites (tertiary alicyclic amines) is 1. The molecule has 0 bridgehead atoms. The Labute approximate surface area is 109 Å². The van der Waals surface area contributed by atoms with Gasteiger partial charge in [-0.15, -0.1) is 0 Å². The van der Waals surface area contributed by atoms with Crippen molar-refractivity contribution in [2.75, 3.05) is 13.2 Å². The molecular formula is C12H16N2O5. The number of carbonyl (C=O) groups excluding carboxylic acids is 1. The number of aromatic carboxylic acids is 1. The van der Waals surface area contributed by atoms with Gasteiger partial charge in [0.15, 0.2) is 5.69 Å². The van der Waals surface area contributed by atoms with Crippen LogP contribution in [0.4, 0.5) is 0 Å². The van der Waals surface area contributed by atoms with Crippen LogP contribution in [0.2, 0.25) is 0 Å². The molecule has 1 aliphatic heterocycles. The van der Waals surface area contributed by atoms with E-state index in [1.165, 1.54) is 0 Å². The molecule has 0 saturated carbocycles. The molecular weight excluding hydrogens is 252 g/mol. The maximum absolute atomic E-state index is 12.2. The highest BCUT2D eigenvalue weighted by atomic mass is 16.5. The first-order valence-corrected chi connectivity index (χ1v) is 6.25. The second-order valence-electron chi connectivity index (χ2n) is 4.54. The third-order valence-corrected chi connectivity index (χ3v) is 3.27. The zero-order valence-electron chi connectivity index (χ0n) is 10.4. The van der Waals surface area contributed by atoms with Crippen LogP contribution in [0.15, 0.2) is 10.6 Å². The van der Waals surface area contributed by atoms with Crippen molar-refractivity contribution in [1.29, 1.82) is 0 Å². The number of carbonyl (C=O) groups is 2. The van der Waals surface area contributed by atoms with Gasteiger partial charge in [0, 0.05) is 25.3 Å². The molecule has 7 nitrogen and oxygen atoms in total. The molecule has 7 heteroatoms. The summed E-state index contributed by atoms with van der Waals surface area (Å²) in [6.45, 7) is 0.732. The third kappa shape index (κ3) is 2.93. The first-order valence-electron chi connectivity index (χ1n) is 6.25. The molecule has 1 aromatic heterocycles. The topological polar surface area (TPSA) is 104 Å². The summed E-state index contributed by atoms with van der Waals surface area (Å²) in [4.78, 5) is 24.6. The lowest BCUT2D eigenvalue weighted by Gasteiger charge is -2.23. The molecule has 1 atom stereocenters. The molecule has 2 N–H and O–H groups in total. The van der Waals surface area contributed by atoms with E-state index >= 15 is 0 Å². The number of carboxylic acid groups (broad SMARTS) is 1. The van der Waals surface area contributed by atoms with Crippen molar-refractivity contribution in [3.63, 3.8) is 0 Å². The number of aliphatic hydroxyl groups excluding tert-OH is 1. The van der Waals surface area contributed by atoms with Crippen LogP contribution in [-0.2, 0) is 0 Å². The van der Waals surface area contributed by atoms with Gasteiger partial charge in [0.25, 0.3) is 5.91 Å². The van der Waals surface area contributed by atoms with Crippen LogP contribution in [0.1, 0.15) is 46.7 Å². The molecule has 1 fully saturated rings. The SMILES string of the molecule is O=C(O)c1cc(C(=O)N2CCCC2CCCO)no1. The van der Waals surface area contributed by atoms with Crippen LogP contribution in [-0.4, -0.2) is 51.3 Å². The number of hydrogen-bond donors (Lipinski definition) is 2. The molecule has 1 aromatic rings. The number of carboxylic acids is 1. The van der Waals surface area contributed by atoms with Gasteiger partial charge in [-0.25, -0.2) is 4.79 Å². The highest BCUT2D eigenvalue weighted by Crippen LogP contribution is 2.23. The van der Waals surface area contributed by atoms with Gasteiger partial charge in [0.2, 0.25) is 5.76 Å². The fraction of sp³-hybridized carbons (Fsp3) is 0.583. The van der Waals surface area contributed by atoms with Crippen LogP contribution in [0.3, 0.4) is 0 Å². The fourth-order valence-electron chi connectivity index (χ4n) is 2.35. The predicted octanol–water partition coefficient (Wildman–Crippen LogP) is 0.750. The summed E-state index contributed by atoms with van der Waals surface area (Å²) in [5.41, 5.74) is 0.0216. The van der Waals surface area contributed by atoms with E-state index in [0.717, 1.165) is 25.3 Å². The Balaban J connectivity index is 2.07. The number of aliphatic hydroxyl groups is 1. The average Bonchev–Trinajstić information content (AvgIpc) is 3.04. The smallest absolute Gasteiger partial charge is 0.374 e. The van der Waals surface area contributed by atoms with Crippen molar-refractivity contribution >= 4 is 11.9 Å². The van der Waals surface area contributed by atoms with Crippen LogP contribution >= 0.6 is 0 Å². The van der Waals surface area contributed by atoms with E-state index in [-0.39, 0.29) is 30.0 Å². The van der Waals surface area contributed by atoms with Gasteiger partial charge in [0.05, 0.1) is 0 Å². The van der Waals surface area contributed by atoms with E-state index in [0.29, 0.717) is 13.0 Å². The molecule has 0 aromatic carbocycles. The van der Waals surface area contributed by atoms with Gasteiger partial charge in [-0.2, -0.15) is 0 Å². The van der Waals surface area contributed by atoms with Gasteiger partial charge in [-0.05, 0) is 25.7 Å². The monoisotopic (exact) mass is 268 g/mol. The summed E-state index contributed by atoms with van der Waals surface area (Å²) >= 11 is 0. The van der Waals surface area contributed by atoms with E-state index in [4.69, 9.17) is 10.2 Å². The van der Waals surface area contributed by atoms with Crippen molar-refractivity contribution < 1.29 is 24.3 Å². The average molecular weight is 268 g/mol. The lowest BCUT2D eigenvalue weighted by atomic mass is 10.1. The van der Waals surface area contributed by atoms with Crippen molar-refractivity contribution in [2.45, 2.75) is 31.7 Å². The number of amides is 1. The number of aromatic nitrogens is 1. The normalized spacial score (nSPS) is 18.8. The Kier molecular flexibility index (Phi) is 4.16. The molecule has 1 aliphatic rings. The zero-order chi connectivity index (χ0) is 13.8. The molecule has 2 rings (SSSR count). The minimum atomic E-state index is -1.25.